The van der Waals surface area contributed by atoms with Gasteiger partial charge in [-0.15, -0.1) is 0 Å². The molecule has 0 spiro atoms. The smallest absolute Gasteiger partial charge is 0.250 e. The largest absolute Gasteiger partial charge is 0.354 e. The second-order valence-corrected chi connectivity index (χ2v) is 7.09. The molecule has 1 aliphatic carbocycles. The first-order chi connectivity index (χ1) is 13.0. The minimum atomic E-state index is -0.454. The maximum absolute atomic E-state index is 12.6. The zero-order valence-electron chi connectivity index (χ0n) is 15.3. The summed E-state index contributed by atoms with van der Waals surface area (Å²) in [5.41, 5.74) is 1.83. The van der Waals surface area contributed by atoms with E-state index < -0.39 is 6.04 Å². The molecule has 2 heterocycles. The van der Waals surface area contributed by atoms with Crippen LogP contribution in [-0.2, 0) is 9.59 Å². The van der Waals surface area contributed by atoms with E-state index in [1.165, 1.54) is 6.92 Å². The van der Waals surface area contributed by atoms with Crippen molar-refractivity contribution < 1.29 is 9.59 Å². The number of rotatable bonds is 5. The van der Waals surface area contributed by atoms with E-state index in [4.69, 9.17) is 0 Å². The number of carbonyl (C=O) groups excluding carboxylic acids is 2. The first-order valence-electron chi connectivity index (χ1n) is 9.07. The Bertz CT molecular complexity index is 985. The van der Waals surface area contributed by atoms with Crippen molar-refractivity contribution in [2.45, 2.75) is 44.7 Å². The summed E-state index contributed by atoms with van der Waals surface area (Å²) in [5.74, 6) is 0.704. The summed E-state index contributed by atoms with van der Waals surface area (Å²) in [7, 11) is 0. The van der Waals surface area contributed by atoms with Gasteiger partial charge in [-0.1, -0.05) is 18.2 Å². The summed E-state index contributed by atoms with van der Waals surface area (Å²) in [5, 5.41) is 18.3. The Morgan fingerprint density at radius 3 is 2.85 bits per heavy atom. The average molecular weight is 366 g/mol. The number of carbonyl (C=O) groups is 2. The monoisotopic (exact) mass is 366 g/mol. The second kappa shape index (κ2) is 6.86. The van der Waals surface area contributed by atoms with Crippen LogP contribution in [0.4, 0.5) is 5.82 Å². The van der Waals surface area contributed by atoms with Crippen LogP contribution in [0.15, 0.2) is 36.5 Å². The van der Waals surface area contributed by atoms with Crippen molar-refractivity contribution in [3.63, 3.8) is 0 Å². The third-order valence-corrected chi connectivity index (χ3v) is 5.07. The highest BCUT2D eigenvalue weighted by molar-refractivity contribution is 5.93. The number of nitrogens with one attached hydrogen (secondary N) is 3. The van der Waals surface area contributed by atoms with Crippen LogP contribution in [0.25, 0.3) is 10.9 Å². The molecule has 2 amide bonds. The summed E-state index contributed by atoms with van der Waals surface area (Å²) < 4.78 is 1.71. The Labute approximate surface area is 156 Å². The van der Waals surface area contributed by atoms with Gasteiger partial charge >= 0.3 is 0 Å². The molecule has 8 heteroatoms. The van der Waals surface area contributed by atoms with Gasteiger partial charge in [-0.25, -0.2) is 0 Å². The van der Waals surface area contributed by atoms with Crippen LogP contribution in [0.2, 0.25) is 0 Å². The number of fused-ring (bicyclic) bond motifs is 1. The van der Waals surface area contributed by atoms with Gasteiger partial charge in [-0.2, -0.15) is 10.2 Å². The number of H-pyrrole nitrogens is 1. The van der Waals surface area contributed by atoms with Crippen molar-refractivity contribution in [1.29, 1.82) is 0 Å². The molecule has 140 valence electrons. The molecule has 27 heavy (non-hydrogen) atoms. The fourth-order valence-electron chi connectivity index (χ4n) is 3.52. The number of hydrogen-bond donors (Lipinski definition) is 3. The van der Waals surface area contributed by atoms with Gasteiger partial charge in [0.15, 0.2) is 0 Å². The summed E-state index contributed by atoms with van der Waals surface area (Å²) >= 11 is 0. The molecule has 4 rings (SSSR count). The zero-order chi connectivity index (χ0) is 19.0. The molecule has 2 aromatic heterocycles. The van der Waals surface area contributed by atoms with Gasteiger partial charge < -0.3 is 10.6 Å². The molecule has 1 fully saturated rings. The minimum Gasteiger partial charge on any atom is -0.354 e. The molecule has 1 unspecified atom stereocenters. The molecule has 1 saturated carbocycles. The minimum absolute atomic E-state index is 0.00596. The van der Waals surface area contributed by atoms with Crippen molar-refractivity contribution >= 4 is 28.5 Å². The molecule has 0 radical (unpaired) electrons. The number of benzene rings is 1. The van der Waals surface area contributed by atoms with Crippen molar-refractivity contribution in [3.8, 4) is 0 Å². The number of para-hydroxylation sites is 1. The highest BCUT2D eigenvalue weighted by Crippen LogP contribution is 2.36. The normalized spacial score (nSPS) is 20.1. The Hall–Kier alpha value is -3.16. The van der Waals surface area contributed by atoms with Crippen LogP contribution in [-0.4, -0.2) is 37.8 Å². The molecule has 1 aromatic carbocycles. The molecule has 1 aliphatic rings. The van der Waals surface area contributed by atoms with Gasteiger partial charge in [0.25, 0.3) is 0 Å². The zero-order valence-corrected chi connectivity index (χ0v) is 15.3. The standard InChI is InChI=1S/C19H22N6O2/c1-11(25-17-6-4-3-5-13(17)10-20-25)19(27)22-18-9-16(23-24-18)14-7-15(8-14)21-12(2)26/h3-6,9-11,14-15H,7-8H2,1-2H3,(H,21,26)(H2,22,23,24,27)/t11?,14-,15+. The van der Waals surface area contributed by atoms with E-state index in [-0.39, 0.29) is 17.9 Å². The maximum Gasteiger partial charge on any atom is 0.250 e. The number of aromatic nitrogens is 4. The topological polar surface area (TPSA) is 105 Å². The van der Waals surface area contributed by atoms with E-state index in [9.17, 15) is 9.59 Å². The molecule has 0 bridgehead atoms. The first kappa shape index (κ1) is 17.3. The number of nitrogens with zero attached hydrogens (tertiary/aromatic N) is 3. The van der Waals surface area contributed by atoms with Crippen LogP contribution in [0.1, 0.15) is 44.3 Å². The lowest BCUT2D eigenvalue weighted by Gasteiger charge is -2.34. The number of hydrogen-bond acceptors (Lipinski definition) is 4. The van der Waals surface area contributed by atoms with E-state index in [0.29, 0.717) is 11.7 Å². The van der Waals surface area contributed by atoms with Gasteiger partial charge in [0.05, 0.1) is 17.4 Å². The third-order valence-electron chi connectivity index (χ3n) is 5.07. The summed E-state index contributed by atoms with van der Waals surface area (Å²) in [4.78, 5) is 23.7. The second-order valence-electron chi connectivity index (χ2n) is 7.09. The van der Waals surface area contributed by atoms with Gasteiger partial charge in [-0.3, -0.25) is 19.4 Å². The Balaban J connectivity index is 1.39. The Kier molecular flexibility index (Phi) is 4.39. The molecule has 8 nitrogen and oxygen atoms in total. The summed E-state index contributed by atoms with van der Waals surface area (Å²) in [6.45, 7) is 3.34. The van der Waals surface area contributed by atoms with Crippen LogP contribution in [0.5, 0.6) is 0 Å². The highest BCUT2D eigenvalue weighted by Gasteiger charge is 2.32. The molecule has 1 atom stereocenters. The van der Waals surface area contributed by atoms with Crippen LogP contribution in [0, 0.1) is 0 Å². The predicted octanol–water partition coefficient (Wildman–Crippen LogP) is 2.34. The highest BCUT2D eigenvalue weighted by atomic mass is 16.2. The average Bonchev–Trinajstić information content (AvgIpc) is 3.23. The van der Waals surface area contributed by atoms with E-state index in [0.717, 1.165) is 29.4 Å². The van der Waals surface area contributed by atoms with Crippen LogP contribution >= 0.6 is 0 Å². The number of anilines is 1. The Morgan fingerprint density at radius 2 is 2.07 bits per heavy atom. The third kappa shape index (κ3) is 3.42. The van der Waals surface area contributed by atoms with Crippen molar-refractivity contribution in [2.75, 3.05) is 5.32 Å². The fraction of sp³-hybridized carbons (Fsp3) is 0.368. The van der Waals surface area contributed by atoms with E-state index >= 15 is 0 Å². The van der Waals surface area contributed by atoms with Gasteiger partial charge in [0.2, 0.25) is 11.8 Å². The quantitative estimate of drug-likeness (QED) is 0.644. The van der Waals surface area contributed by atoms with Gasteiger partial charge in [0.1, 0.15) is 11.9 Å². The summed E-state index contributed by atoms with van der Waals surface area (Å²) in [6.07, 6.45) is 3.50. The van der Waals surface area contributed by atoms with Crippen LogP contribution < -0.4 is 10.6 Å². The number of amides is 2. The molecule has 0 aliphatic heterocycles. The SMILES string of the molecule is CC(=O)N[C@H]1C[C@@H](c2cc(NC(=O)C(C)n3ncc4ccccc43)[nH]n2)C1. The van der Waals surface area contributed by atoms with Gasteiger partial charge in [-0.05, 0) is 25.8 Å². The lowest BCUT2D eigenvalue weighted by molar-refractivity contribution is -0.120. The summed E-state index contributed by atoms with van der Waals surface area (Å²) in [6, 6.07) is 9.42. The van der Waals surface area contributed by atoms with Crippen molar-refractivity contribution in [2.24, 2.45) is 0 Å². The number of aromatic amines is 1. The molecule has 0 saturated heterocycles. The Morgan fingerprint density at radius 1 is 1.30 bits per heavy atom. The molecular formula is C19H22N6O2. The maximum atomic E-state index is 12.6. The molecule has 3 N–H and O–H groups in total. The first-order valence-corrected chi connectivity index (χ1v) is 9.07. The lowest BCUT2D eigenvalue weighted by Crippen LogP contribution is -2.42. The lowest BCUT2D eigenvalue weighted by atomic mass is 9.78. The molecular weight excluding hydrogens is 344 g/mol. The molecule has 3 aromatic rings. The van der Waals surface area contributed by atoms with Crippen LogP contribution in [0.3, 0.4) is 0 Å². The fourth-order valence-corrected chi connectivity index (χ4v) is 3.52. The van der Waals surface area contributed by atoms with Gasteiger partial charge in [0, 0.05) is 30.3 Å². The van der Waals surface area contributed by atoms with Crippen molar-refractivity contribution in [1.82, 2.24) is 25.3 Å². The van der Waals surface area contributed by atoms with Crippen molar-refractivity contribution in [3.05, 3.63) is 42.2 Å². The van der Waals surface area contributed by atoms with E-state index in [1.807, 2.05) is 37.3 Å². The van der Waals surface area contributed by atoms with E-state index in [2.05, 4.69) is 25.9 Å². The predicted molar refractivity (Wildman–Crippen MR) is 101 cm³/mol. The van der Waals surface area contributed by atoms with E-state index in [1.54, 1.807) is 10.9 Å².